The van der Waals surface area contributed by atoms with Crippen LogP contribution in [-0.2, 0) is 0 Å². The number of ether oxygens (including phenoxy) is 2. The third kappa shape index (κ3) is 4.95. The lowest BCUT2D eigenvalue weighted by molar-refractivity contribution is 0.0846. The van der Waals surface area contributed by atoms with Gasteiger partial charge in [-0.2, -0.15) is 0 Å². The standard InChI is InChI=1S/C22H23N3O4/c1-15(2)29-19-10-9-17(14-20(19)28-3)22(27)24-23-21(26)16-7-6-8-18(13-16)25-11-4-5-12-25/h4-15H,1-3H3,(H,23,26)(H,24,27). The van der Waals surface area contributed by atoms with Crippen molar-refractivity contribution in [2.45, 2.75) is 20.0 Å². The van der Waals surface area contributed by atoms with Crippen LogP contribution in [0, 0.1) is 0 Å². The van der Waals surface area contributed by atoms with E-state index in [-0.39, 0.29) is 6.10 Å². The van der Waals surface area contributed by atoms with E-state index in [9.17, 15) is 9.59 Å². The second-order valence-corrected chi connectivity index (χ2v) is 6.58. The van der Waals surface area contributed by atoms with Gasteiger partial charge in [0.1, 0.15) is 0 Å². The Balaban J connectivity index is 1.66. The summed E-state index contributed by atoms with van der Waals surface area (Å²) in [6.45, 7) is 3.81. The maximum atomic E-state index is 12.4. The number of amides is 2. The fraction of sp³-hybridized carbons (Fsp3) is 0.182. The Labute approximate surface area is 169 Å². The Bertz CT molecular complexity index is 997. The highest BCUT2D eigenvalue weighted by Gasteiger charge is 2.14. The van der Waals surface area contributed by atoms with Gasteiger partial charge in [0.15, 0.2) is 11.5 Å². The molecule has 3 rings (SSSR count). The summed E-state index contributed by atoms with van der Waals surface area (Å²) in [5.74, 6) is 0.107. The van der Waals surface area contributed by atoms with E-state index in [1.54, 1.807) is 36.4 Å². The molecule has 1 heterocycles. The number of nitrogens with zero attached hydrogens (tertiary/aromatic N) is 1. The highest BCUT2D eigenvalue weighted by molar-refractivity contribution is 5.99. The lowest BCUT2D eigenvalue weighted by Gasteiger charge is -2.14. The molecule has 0 fully saturated rings. The minimum atomic E-state index is -0.464. The molecule has 29 heavy (non-hydrogen) atoms. The molecule has 1 aromatic heterocycles. The second-order valence-electron chi connectivity index (χ2n) is 6.58. The average molecular weight is 393 g/mol. The lowest BCUT2D eigenvalue weighted by atomic mass is 10.2. The number of hydrogen-bond acceptors (Lipinski definition) is 4. The Hall–Kier alpha value is -3.74. The zero-order valence-electron chi connectivity index (χ0n) is 16.5. The van der Waals surface area contributed by atoms with E-state index in [4.69, 9.17) is 9.47 Å². The molecule has 2 N–H and O–H groups in total. The second kappa shape index (κ2) is 8.97. The zero-order valence-corrected chi connectivity index (χ0v) is 16.5. The topological polar surface area (TPSA) is 81.6 Å². The fourth-order valence-electron chi connectivity index (χ4n) is 2.73. The highest BCUT2D eigenvalue weighted by atomic mass is 16.5. The molecule has 3 aromatic rings. The lowest BCUT2D eigenvalue weighted by Crippen LogP contribution is -2.41. The largest absolute Gasteiger partial charge is 0.493 e. The molecule has 0 aliphatic rings. The number of hydrazine groups is 1. The highest BCUT2D eigenvalue weighted by Crippen LogP contribution is 2.28. The van der Waals surface area contributed by atoms with Crippen molar-refractivity contribution in [2.24, 2.45) is 0 Å². The Morgan fingerprint density at radius 1 is 0.862 bits per heavy atom. The first-order chi connectivity index (χ1) is 14.0. The van der Waals surface area contributed by atoms with Gasteiger partial charge in [-0.05, 0) is 62.4 Å². The Morgan fingerprint density at radius 3 is 2.14 bits per heavy atom. The number of hydrogen-bond donors (Lipinski definition) is 2. The van der Waals surface area contributed by atoms with Gasteiger partial charge in [0, 0.05) is 29.2 Å². The minimum absolute atomic E-state index is 0.0230. The van der Waals surface area contributed by atoms with Crippen LogP contribution in [0.1, 0.15) is 34.6 Å². The number of rotatable bonds is 6. The van der Waals surface area contributed by atoms with Gasteiger partial charge in [0.05, 0.1) is 13.2 Å². The van der Waals surface area contributed by atoms with E-state index in [2.05, 4.69) is 10.9 Å². The van der Waals surface area contributed by atoms with Gasteiger partial charge in [-0.15, -0.1) is 0 Å². The molecule has 0 bridgehead atoms. The summed E-state index contributed by atoms with van der Waals surface area (Å²) >= 11 is 0. The van der Waals surface area contributed by atoms with Gasteiger partial charge in [-0.3, -0.25) is 20.4 Å². The van der Waals surface area contributed by atoms with Crippen LogP contribution in [0.4, 0.5) is 0 Å². The van der Waals surface area contributed by atoms with Crippen molar-refractivity contribution in [1.82, 2.24) is 15.4 Å². The molecule has 2 amide bonds. The van der Waals surface area contributed by atoms with Gasteiger partial charge in [-0.25, -0.2) is 0 Å². The quantitative estimate of drug-likeness (QED) is 0.630. The van der Waals surface area contributed by atoms with Crippen LogP contribution in [0.2, 0.25) is 0 Å². The summed E-state index contributed by atoms with van der Waals surface area (Å²) < 4.78 is 12.8. The van der Waals surface area contributed by atoms with Crippen LogP contribution in [-0.4, -0.2) is 29.6 Å². The summed E-state index contributed by atoms with van der Waals surface area (Å²) in [5, 5.41) is 0. The molecule has 0 saturated heterocycles. The van der Waals surface area contributed by atoms with Crippen LogP contribution < -0.4 is 20.3 Å². The van der Waals surface area contributed by atoms with E-state index in [0.717, 1.165) is 5.69 Å². The van der Waals surface area contributed by atoms with Gasteiger partial charge in [0.25, 0.3) is 11.8 Å². The van der Waals surface area contributed by atoms with Crippen molar-refractivity contribution >= 4 is 11.8 Å². The predicted octanol–water partition coefficient (Wildman–Crippen LogP) is 3.35. The number of nitrogens with one attached hydrogen (secondary N) is 2. The van der Waals surface area contributed by atoms with Crippen LogP contribution in [0.5, 0.6) is 11.5 Å². The number of carbonyl (C=O) groups is 2. The van der Waals surface area contributed by atoms with E-state index in [0.29, 0.717) is 22.6 Å². The molecule has 150 valence electrons. The molecule has 7 heteroatoms. The molecule has 0 aliphatic carbocycles. The summed E-state index contributed by atoms with van der Waals surface area (Å²) in [6, 6.07) is 15.7. The molecule has 0 spiro atoms. The molecule has 0 saturated carbocycles. The van der Waals surface area contributed by atoms with E-state index >= 15 is 0 Å². The van der Waals surface area contributed by atoms with Crippen LogP contribution in [0.25, 0.3) is 5.69 Å². The third-order valence-electron chi connectivity index (χ3n) is 4.09. The van der Waals surface area contributed by atoms with E-state index in [1.165, 1.54) is 7.11 Å². The Kier molecular flexibility index (Phi) is 6.19. The van der Waals surface area contributed by atoms with Crippen LogP contribution >= 0.6 is 0 Å². The maximum Gasteiger partial charge on any atom is 0.269 e. The number of benzene rings is 2. The smallest absolute Gasteiger partial charge is 0.269 e. The monoisotopic (exact) mass is 393 g/mol. The first-order valence-electron chi connectivity index (χ1n) is 9.16. The van der Waals surface area contributed by atoms with E-state index in [1.807, 2.05) is 49.0 Å². The van der Waals surface area contributed by atoms with E-state index < -0.39 is 11.8 Å². The van der Waals surface area contributed by atoms with Crippen molar-refractivity contribution in [3.05, 3.63) is 78.1 Å². The fourth-order valence-corrected chi connectivity index (χ4v) is 2.73. The van der Waals surface area contributed by atoms with Gasteiger partial charge in [0.2, 0.25) is 0 Å². The molecule has 0 atom stereocenters. The van der Waals surface area contributed by atoms with Crippen LogP contribution in [0.3, 0.4) is 0 Å². The normalized spacial score (nSPS) is 10.5. The SMILES string of the molecule is COc1cc(C(=O)NNC(=O)c2cccc(-n3cccc3)c2)ccc1OC(C)C. The van der Waals surface area contributed by atoms with Gasteiger partial charge >= 0.3 is 0 Å². The number of methoxy groups -OCH3 is 1. The number of aromatic nitrogens is 1. The predicted molar refractivity (Wildman–Crippen MR) is 109 cm³/mol. The zero-order chi connectivity index (χ0) is 20.8. The van der Waals surface area contributed by atoms with Crippen molar-refractivity contribution in [3.63, 3.8) is 0 Å². The molecular formula is C22H23N3O4. The van der Waals surface area contributed by atoms with Gasteiger partial charge < -0.3 is 14.0 Å². The van der Waals surface area contributed by atoms with Crippen LogP contribution in [0.15, 0.2) is 67.0 Å². The summed E-state index contributed by atoms with van der Waals surface area (Å²) in [6.07, 6.45) is 3.75. The first kappa shape index (κ1) is 20.0. The molecule has 0 aliphatic heterocycles. The average Bonchev–Trinajstić information content (AvgIpc) is 3.26. The van der Waals surface area contributed by atoms with Crippen molar-refractivity contribution in [2.75, 3.05) is 7.11 Å². The molecule has 7 nitrogen and oxygen atoms in total. The van der Waals surface area contributed by atoms with Gasteiger partial charge in [-0.1, -0.05) is 6.07 Å². The Morgan fingerprint density at radius 2 is 1.52 bits per heavy atom. The minimum Gasteiger partial charge on any atom is -0.493 e. The molecular weight excluding hydrogens is 370 g/mol. The summed E-state index contributed by atoms with van der Waals surface area (Å²) in [7, 11) is 1.50. The van der Waals surface area contributed by atoms with Crippen molar-refractivity contribution in [1.29, 1.82) is 0 Å². The molecule has 0 radical (unpaired) electrons. The van der Waals surface area contributed by atoms with Crippen molar-refractivity contribution in [3.8, 4) is 17.2 Å². The first-order valence-corrected chi connectivity index (χ1v) is 9.16. The third-order valence-corrected chi connectivity index (χ3v) is 4.09. The summed E-state index contributed by atoms with van der Waals surface area (Å²) in [5.41, 5.74) is 6.46. The summed E-state index contributed by atoms with van der Waals surface area (Å²) in [4.78, 5) is 24.8. The molecule has 2 aromatic carbocycles. The van der Waals surface area contributed by atoms with Crippen molar-refractivity contribution < 1.29 is 19.1 Å². The maximum absolute atomic E-state index is 12.4. The molecule has 0 unspecified atom stereocenters. The number of carbonyl (C=O) groups excluding carboxylic acids is 2.